The number of aliphatic hydroxyl groups excluding tert-OH is 1. The molecule has 0 saturated carbocycles. The summed E-state index contributed by atoms with van der Waals surface area (Å²) >= 11 is 0. The van der Waals surface area contributed by atoms with Crippen molar-refractivity contribution in [1.29, 1.82) is 0 Å². The zero-order chi connectivity index (χ0) is 9.90. The van der Waals surface area contributed by atoms with Crippen LogP contribution in [0.1, 0.15) is 11.3 Å². The van der Waals surface area contributed by atoms with Crippen molar-refractivity contribution >= 4 is 0 Å². The van der Waals surface area contributed by atoms with E-state index in [-0.39, 0.29) is 12.3 Å². The van der Waals surface area contributed by atoms with Crippen molar-refractivity contribution in [3.8, 4) is 0 Å². The molecular weight excluding hydrogens is 176 g/mol. The smallest absolute Gasteiger partial charge is 0.307 e. The van der Waals surface area contributed by atoms with Gasteiger partial charge in [0.05, 0.1) is 6.61 Å². The molecule has 2 nitrogen and oxygen atoms in total. The number of nitrogens with zero attached hydrogens (tertiary/aromatic N) is 1. The maximum atomic E-state index is 12.9. The first-order chi connectivity index (χ1) is 6.10. The molecule has 0 amide bonds. The lowest BCUT2D eigenvalue weighted by atomic mass is 10.2. The number of allylic oxidation sites excluding steroid dienone is 1. The van der Waals surface area contributed by atoms with Crippen LogP contribution >= 0.6 is 0 Å². The molecule has 0 aliphatic heterocycles. The van der Waals surface area contributed by atoms with Gasteiger partial charge in [-0.25, -0.2) is 0 Å². The van der Waals surface area contributed by atoms with E-state index < -0.39 is 5.92 Å². The fourth-order valence-corrected chi connectivity index (χ4v) is 0.820. The standard InChI is InChI=1S/C9H9F2NO/c1-2-9(10,11)8-4-3-7(6-13)5-12-8/h2-5,13H,1,6H2. The first-order valence-electron chi connectivity index (χ1n) is 3.68. The number of pyridine rings is 1. The monoisotopic (exact) mass is 185 g/mol. The van der Waals surface area contributed by atoms with Gasteiger partial charge < -0.3 is 5.11 Å². The second-order valence-corrected chi connectivity index (χ2v) is 2.54. The Morgan fingerprint density at radius 2 is 2.23 bits per heavy atom. The lowest BCUT2D eigenvalue weighted by molar-refractivity contribution is 0.0475. The van der Waals surface area contributed by atoms with E-state index in [2.05, 4.69) is 11.6 Å². The minimum absolute atomic E-state index is 0.201. The zero-order valence-corrected chi connectivity index (χ0v) is 6.87. The van der Waals surface area contributed by atoms with Crippen LogP contribution < -0.4 is 0 Å². The molecule has 0 fully saturated rings. The molecule has 0 atom stereocenters. The van der Waals surface area contributed by atoms with Gasteiger partial charge in [-0.15, -0.1) is 0 Å². The summed E-state index contributed by atoms with van der Waals surface area (Å²) in [4.78, 5) is 3.51. The summed E-state index contributed by atoms with van der Waals surface area (Å²) in [7, 11) is 0. The zero-order valence-electron chi connectivity index (χ0n) is 6.87. The second-order valence-electron chi connectivity index (χ2n) is 2.54. The fraction of sp³-hybridized carbons (Fsp3) is 0.222. The van der Waals surface area contributed by atoms with Crippen LogP contribution in [0.15, 0.2) is 31.0 Å². The van der Waals surface area contributed by atoms with E-state index in [4.69, 9.17) is 5.11 Å². The van der Waals surface area contributed by atoms with Crippen molar-refractivity contribution in [2.75, 3.05) is 0 Å². The highest BCUT2D eigenvalue weighted by Gasteiger charge is 2.28. The summed E-state index contributed by atoms with van der Waals surface area (Å²) in [6.45, 7) is 2.81. The van der Waals surface area contributed by atoms with Crippen molar-refractivity contribution in [3.05, 3.63) is 42.2 Å². The third kappa shape index (κ3) is 2.09. The minimum Gasteiger partial charge on any atom is -0.392 e. The summed E-state index contributed by atoms with van der Waals surface area (Å²) in [5.74, 6) is -3.10. The third-order valence-corrected chi connectivity index (χ3v) is 1.61. The highest BCUT2D eigenvalue weighted by atomic mass is 19.3. The highest BCUT2D eigenvalue weighted by molar-refractivity contribution is 5.19. The summed E-state index contributed by atoms with van der Waals surface area (Å²) in [5, 5.41) is 8.64. The van der Waals surface area contributed by atoms with Crippen LogP contribution in [-0.2, 0) is 12.5 Å². The predicted molar refractivity (Wildman–Crippen MR) is 44.3 cm³/mol. The molecule has 70 valence electrons. The molecule has 0 spiro atoms. The van der Waals surface area contributed by atoms with Gasteiger partial charge in [0.25, 0.3) is 0 Å². The first-order valence-corrected chi connectivity index (χ1v) is 3.68. The quantitative estimate of drug-likeness (QED) is 0.729. The summed E-state index contributed by atoms with van der Waals surface area (Å²) in [6.07, 6.45) is 1.75. The molecule has 0 saturated heterocycles. The predicted octanol–water partition coefficient (Wildman–Crippen LogP) is 1.85. The third-order valence-electron chi connectivity index (χ3n) is 1.61. The largest absolute Gasteiger partial charge is 0.392 e. The van der Waals surface area contributed by atoms with Gasteiger partial charge in [0.2, 0.25) is 0 Å². The van der Waals surface area contributed by atoms with Gasteiger partial charge in [-0.1, -0.05) is 12.6 Å². The van der Waals surface area contributed by atoms with Crippen LogP contribution in [-0.4, -0.2) is 10.1 Å². The molecule has 1 N–H and O–H groups in total. The normalized spacial score (nSPS) is 11.3. The highest BCUT2D eigenvalue weighted by Crippen LogP contribution is 2.26. The van der Waals surface area contributed by atoms with Crippen molar-refractivity contribution in [1.82, 2.24) is 4.98 Å². The SMILES string of the molecule is C=CC(F)(F)c1ccc(CO)cn1. The van der Waals surface area contributed by atoms with E-state index in [0.29, 0.717) is 11.6 Å². The Balaban J connectivity index is 2.98. The number of hydrogen-bond donors (Lipinski definition) is 1. The van der Waals surface area contributed by atoms with Crippen LogP contribution in [0, 0.1) is 0 Å². The molecule has 0 bridgehead atoms. The van der Waals surface area contributed by atoms with Gasteiger partial charge in [0.15, 0.2) is 0 Å². The van der Waals surface area contributed by atoms with Gasteiger partial charge in [0.1, 0.15) is 5.69 Å². The fourth-order valence-electron chi connectivity index (χ4n) is 0.820. The van der Waals surface area contributed by atoms with Gasteiger partial charge in [-0.3, -0.25) is 4.98 Å². The lowest BCUT2D eigenvalue weighted by Crippen LogP contribution is -2.11. The van der Waals surface area contributed by atoms with Crippen LogP contribution in [0.2, 0.25) is 0 Å². The van der Waals surface area contributed by atoms with E-state index in [1.54, 1.807) is 0 Å². The average Bonchev–Trinajstić information content (AvgIpc) is 2.18. The van der Waals surface area contributed by atoms with Gasteiger partial charge in [-0.05, 0) is 17.7 Å². The second kappa shape index (κ2) is 3.62. The molecule has 0 radical (unpaired) electrons. The molecule has 1 aromatic heterocycles. The van der Waals surface area contributed by atoms with Gasteiger partial charge >= 0.3 is 5.92 Å². The molecule has 1 rings (SSSR count). The molecule has 4 heteroatoms. The summed E-state index contributed by atoms with van der Waals surface area (Å²) < 4.78 is 25.8. The Hall–Kier alpha value is -1.29. The number of aromatic nitrogens is 1. The van der Waals surface area contributed by atoms with Crippen molar-refractivity contribution < 1.29 is 13.9 Å². The van der Waals surface area contributed by atoms with Gasteiger partial charge in [-0.2, -0.15) is 8.78 Å². The van der Waals surface area contributed by atoms with E-state index in [1.807, 2.05) is 0 Å². The maximum absolute atomic E-state index is 12.9. The van der Waals surface area contributed by atoms with Crippen LogP contribution in [0.3, 0.4) is 0 Å². The Labute approximate surface area is 74.5 Å². The van der Waals surface area contributed by atoms with Crippen molar-refractivity contribution in [2.24, 2.45) is 0 Å². The minimum atomic E-state index is -3.10. The Morgan fingerprint density at radius 1 is 1.54 bits per heavy atom. The van der Waals surface area contributed by atoms with E-state index >= 15 is 0 Å². The number of rotatable bonds is 3. The molecule has 13 heavy (non-hydrogen) atoms. The first kappa shape index (κ1) is 9.80. The molecule has 0 aliphatic rings. The van der Waals surface area contributed by atoms with Crippen LogP contribution in [0.5, 0.6) is 0 Å². The number of aliphatic hydroxyl groups is 1. The Morgan fingerprint density at radius 3 is 2.62 bits per heavy atom. The topological polar surface area (TPSA) is 33.1 Å². The molecule has 0 unspecified atom stereocenters. The number of alkyl halides is 2. The lowest BCUT2D eigenvalue weighted by Gasteiger charge is -2.09. The molecule has 1 aromatic rings. The summed E-state index contributed by atoms with van der Waals surface area (Å²) in [5.41, 5.74) is 0.142. The molecule has 1 heterocycles. The van der Waals surface area contributed by atoms with Crippen LogP contribution in [0.4, 0.5) is 8.78 Å². The van der Waals surface area contributed by atoms with E-state index in [0.717, 1.165) is 0 Å². The summed E-state index contributed by atoms with van der Waals surface area (Å²) in [6, 6.07) is 2.58. The molecular formula is C9H9F2NO. The van der Waals surface area contributed by atoms with E-state index in [1.165, 1.54) is 18.3 Å². The van der Waals surface area contributed by atoms with Crippen molar-refractivity contribution in [3.63, 3.8) is 0 Å². The maximum Gasteiger partial charge on any atom is 0.307 e. The Bertz CT molecular complexity index is 295. The molecule has 0 aliphatic carbocycles. The van der Waals surface area contributed by atoms with Crippen molar-refractivity contribution in [2.45, 2.75) is 12.5 Å². The molecule has 0 aromatic carbocycles. The Kier molecular flexibility index (Phi) is 2.72. The van der Waals surface area contributed by atoms with Crippen LogP contribution in [0.25, 0.3) is 0 Å². The van der Waals surface area contributed by atoms with Gasteiger partial charge in [0, 0.05) is 6.20 Å². The van der Waals surface area contributed by atoms with E-state index in [9.17, 15) is 8.78 Å². The number of hydrogen-bond acceptors (Lipinski definition) is 2. The number of halogens is 2. The average molecular weight is 185 g/mol.